The van der Waals surface area contributed by atoms with Gasteiger partial charge in [0.05, 0.1) is 7.11 Å². The van der Waals surface area contributed by atoms with Crippen LogP contribution in [-0.2, 0) is 4.74 Å². The smallest absolute Gasteiger partial charge is 0.270 e. The van der Waals surface area contributed by atoms with E-state index < -0.39 is 0 Å². The van der Waals surface area contributed by atoms with Crippen LogP contribution in [0, 0.1) is 0 Å². The molecule has 1 aromatic carbocycles. The summed E-state index contributed by atoms with van der Waals surface area (Å²) in [6.45, 7) is 1.15. The van der Waals surface area contributed by atoms with Crippen molar-refractivity contribution in [3.05, 3.63) is 42.4 Å². The third-order valence-corrected chi connectivity index (χ3v) is 3.07. The fourth-order valence-corrected chi connectivity index (χ4v) is 1.88. The number of benzene rings is 1. The lowest BCUT2D eigenvalue weighted by atomic mass is 10.3. The summed E-state index contributed by atoms with van der Waals surface area (Å²) < 4.78 is 10.0. The van der Waals surface area contributed by atoms with Gasteiger partial charge in [-0.25, -0.2) is 9.97 Å². The molecule has 0 unspecified atom stereocenters. The second-order valence-corrected chi connectivity index (χ2v) is 4.74. The first-order valence-corrected chi connectivity index (χ1v) is 7.23. The quantitative estimate of drug-likeness (QED) is 0.725. The van der Waals surface area contributed by atoms with Crippen LogP contribution in [0.25, 0.3) is 0 Å². The summed E-state index contributed by atoms with van der Waals surface area (Å²) in [7, 11) is 3.24. The van der Waals surface area contributed by atoms with Gasteiger partial charge in [-0.15, -0.1) is 0 Å². The molecule has 2 aromatic rings. The highest BCUT2D eigenvalue weighted by molar-refractivity contribution is 5.92. The molecular formula is C16H20N4O3. The van der Waals surface area contributed by atoms with E-state index in [1.807, 2.05) is 24.3 Å². The molecule has 23 heavy (non-hydrogen) atoms. The lowest BCUT2D eigenvalue weighted by Crippen LogP contribution is -2.26. The summed E-state index contributed by atoms with van der Waals surface area (Å²) in [5.41, 5.74) is 1.16. The highest BCUT2D eigenvalue weighted by atomic mass is 16.5. The molecule has 122 valence electrons. The lowest BCUT2D eigenvalue weighted by molar-refractivity contribution is 0.0943. The Hall–Kier alpha value is -2.67. The zero-order valence-electron chi connectivity index (χ0n) is 13.2. The predicted molar refractivity (Wildman–Crippen MR) is 87.1 cm³/mol. The number of hydrogen-bond acceptors (Lipinski definition) is 6. The Kier molecular flexibility index (Phi) is 6.31. The maximum absolute atomic E-state index is 12.0. The number of amides is 1. The van der Waals surface area contributed by atoms with E-state index in [1.54, 1.807) is 20.3 Å². The number of methoxy groups -OCH3 is 2. The molecule has 0 saturated heterocycles. The van der Waals surface area contributed by atoms with Gasteiger partial charge in [-0.3, -0.25) is 4.79 Å². The zero-order chi connectivity index (χ0) is 16.5. The van der Waals surface area contributed by atoms with Gasteiger partial charge in [0.25, 0.3) is 5.91 Å². The number of ether oxygens (including phenoxy) is 2. The van der Waals surface area contributed by atoms with Crippen molar-refractivity contribution in [2.24, 2.45) is 0 Å². The van der Waals surface area contributed by atoms with Crippen LogP contribution in [-0.4, -0.2) is 43.2 Å². The van der Waals surface area contributed by atoms with Crippen LogP contribution in [0.2, 0.25) is 0 Å². The van der Waals surface area contributed by atoms with Crippen LogP contribution in [0.4, 0.5) is 11.5 Å². The molecule has 0 aliphatic rings. The van der Waals surface area contributed by atoms with E-state index in [0.29, 0.717) is 24.7 Å². The van der Waals surface area contributed by atoms with E-state index in [1.165, 1.54) is 6.33 Å². The van der Waals surface area contributed by atoms with Crippen LogP contribution in [0.5, 0.6) is 5.75 Å². The van der Waals surface area contributed by atoms with Crippen LogP contribution in [0.1, 0.15) is 16.9 Å². The molecule has 0 fully saturated rings. The van der Waals surface area contributed by atoms with Crippen molar-refractivity contribution in [3.8, 4) is 5.75 Å². The van der Waals surface area contributed by atoms with Crippen molar-refractivity contribution < 1.29 is 14.3 Å². The van der Waals surface area contributed by atoms with Crippen molar-refractivity contribution >= 4 is 17.4 Å². The summed E-state index contributed by atoms with van der Waals surface area (Å²) in [5, 5.41) is 5.91. The molecule has 0 bridgehead atoms. The van der Waals surface area contributed by atoms with E-state index in [4.69, 9.17) is 9.47 Å². The van der Waals surface area contributed by atoms with E-state index in [9.17, 15) is 4.79 Å². The lowest BCUT2D eigenvalue weighted by Gasteiger charge is -2.08. The van der Waals surface area contributed by atoms with Crippen LogP contribution in [0.3, 0.4) is 0 Å². The largest absolute Gasteiger partial charge is 0.497 e. The molecule has 0 saturated carbocycles. The molecular weight excluding hydrogens is 296 g/mol. The van der Waals surface area contributed by atoms with Gasteiger partial charge in [0, 0.05) is 32.0 Å². The Labute approximate surface area is 135 Å². The molecule has 0 aliphatic carbocycles. The predicted octanol–water partition coefficient (Wildman–Crippen LogP) is 2.00. The Morgan fingerprint density at radius 1 is 1.17 bits per heavy atom. The van der Waals surface area contributed by atoms with Gasteiger partial charge in [-0.05, 0) is 30.7 Å². The standard InChI is InChI=1S/C16H20N4O3/c1-22-9-3-8-17-16(21)14-10-15(19-11-18-14)20-12-4-6-13(23-2)7-5-12/h4-7,10-11H,3,8-9H2,1-2H3,(H,17,21)(H,18,19,20). The first-order chi connectivity index (χ1) is 11.2. The fraction of sp³-hybridized carbons (Fsp3) is 0.312. The van der Waals surface area contributed by atoms with Crippen LogP contribution in [0.15, 0.2) is 36.7 Å². The molecule has 0 aliphatic heterocycles. The first kappa shape index (κ1) is 16.7. The van der Waals surface area contributed by atoms with Crippen molar-refractivity contribution in [1.29, 1.82) is 0 Å². The Bertz CT molecular complexity index is 631. The molecule has 7 nitrogen and oxygen atoms in total. The molecule has 1 heterocycles. The number of rotatable bonds is 8. The van der Waals surface area contributed by atoms with Crippen LogP contribution < -0.4 is 15.4 Å². The van der Waals surface area contributed by atoms with Gasteiger partial charge in [-0.2, -0.15) is 0 Å². The zero-order valence-corrected chi connectivity index (χ0v) is 13.2. The SMILES string of the molecule is COCCCNC(=O)c1cc(Nc2ccc(OC)cc2)ncn1. The first-order valence-electron chi connectivity index (χ1n) is 7.23. The number of anilines is 2. The molecule has 7 heteroatoms. The second kappa shape index (κ2) is 8.70. The van der Waals surface area contributed by atoms with Crippen molar-refractivity contribution in [2.45, 2.75) is 6.42 Å². The topological polar surface area (TPSA) is 85.4 Å². The highest BCUT2D eigenvalue weighted by Crippen LogP contribution is 2.18. The number of nitrogens with zero attached hydrogens (tertiary/aromatic N) is 2. The van der Waals surface area contributed by atoms with E-state index in [-0.39, 0.29) is 5.91 Å². The monoisotopic (exact) mass is 316 g/mol. The Balaban J connectivity index is 1.96. The maximum Gasteiger partial charge on any atom is 0.270 e. The average Bonchev–Trinajstić information content (AvgIpc) is 2.59. The molecule has 0 radical (unpaired) electrons. The molecule has 0 atom stereocenters. The van der Waals surface area contributed by atoms with E-state index in [2.05, 4.69) is 20.6 Å². The van der Waals surface area contributed by atoms with Crippen molar-refractivity contribution in [1.82, 2.24) is 15.3 Å². The number of aromatic nitrogens is 2. The van der Waals surface area contributed by atoms with E-state index >= 15 is 0 Å². The van der Waals surface area contributed by atoms with Gasteiger partial charge in [0.2, 0.25) is 0 Å². The van der Waals surface area contributed by atoms with Gasteiger partial charge in [0.1, 0.15) is 23.6 Å². The Morgan fingerprint density at radius 2 is 1.96 bits per heavy atom. The minimum absolute atomic E-state index is 0.235. The third-order valence-electron chi connectivity index (χ3n) is 3.07. The van der Waals surface area contributed by atoms with Gasteiger partial charge >= 0.3 is 0 Å². The second-order valence-electron chi connectivity index (χ2n) is 4.74. The Morgan fingerprint density at radius 3 is 2.65 bits per heavy atom. The molecule has 1 aromatic heterocycles. The number of carbonyl (C=O) groups excluding carboxylic acids is 1. The highest BCUT2D eigenvalue weighted by Gasteiger charge is 2.08. The normalized spacial score (nSPS) is 10.2. The maximum atomic E-state index is 12.0. The summed E-state index contributed by atoms with van der Waals surface area (Å²) in [4.78, 5) is 20.1. The summed E-state index contributed by atoms with van der Waals surface area (Å²) in [6.07, 6.45) is 2.11. The third kappa shape index (κ3) is 5.23. The van der Waals surface area contributed by atoms with Gasteiger partial charge < -0.3 is 20.1 Å². The summed E-state index contributed by atoms with van der Waals surface area (Å²) in [6, 6.07) is 9.02. The number of nitrogens with one attached hydrogen (secondary N) is 2. The van der Waals surface area contributed by atoms with Crippen molar-refractivity contribution in [3.63, 3.8) is 0 Å². The molecule has 0 spiro atoms. The summed E-state index contributed by atoms with van der Waals surface area (Å²) in [5.74, 6) is 1.09. The van der Waals surface area contributed by atoms with Gasteiger partial charge in [-0.1, -0.05) is 0 Å². The number of carbonyl (C=O) groups is 1. The van der Waals surface area contributed by atoms with E-state index in [0.717, 1.165) is 17.9 Å². The minimum Gasteiger partial charge on any atom is -0.497 e. The van der Waals surface area contributed by atoms with Crippen LogP contribution >= 0.6 is 0 Å². The van der Waals surface area contributed by atoms with Crippen molar-refractivity contribution in [2.75, 3.05) is 32.7 Å². The van der Waals surface area contributed by atoms with Gasteiger partial charge in [0.15, 0.2) is 0 Å². The average molecular weight is 316 g/mol. The summed E-state index contributed by atoms with van der Waals surface area (Å²) >= 11 is 0. The molecule has 1 amide bonds. The fourth-order valence-electron chi connectivity index (χ4n) is 1.88. The molecule has 2 rings (SSSR count). The molecule has 2 N–H and O–H groups in total. The minimum atomic E-state index is -0.235. The number of hydrogen-bond donors (Lipinski definition) is 2.